The molecule has 0 heterocycles. The maximum Gasteiger partial charge on any atom is 0.126 e. The standard InChI is InChI=1S/C13H18ClFO/c1-3-9(2)6-12(16)8-10-7-11(14)4-5-13(10)15/h4-5,7,9,12,16H,3,6,8H2,1-2H3. The average molecular weight is 245 g/mol. The van der Waals surface area contributed by atoms with Gasteiger partial charge in [0, 0.05) is 11.4 Å². The molecule has 0 amide bonds. The molecule has 0 aliphatic heterocycles. The molecule has 0 aromatic heterocycles. The number of rotatable bonds is 5. The molecule has 0 saturated carbocycles. The van der Waals surface area contributed by atoms with Gasteiger partial charge in [-0.2, -0.15) is 0 Å². The summed E-state index contributed by atoms with van der Waals surface area (Å²) in [5, 5.41) is 10.3. The molecule has 16 heavy (non-hydrogen) atoms. The van der Waals surface area contributed by atoms with Crippen molar-refractivity contribution in [1.29, 1.82) is 0 Å². The van der Waals surface area contributed by atoms with Crippen LogP contribution in [0.5, 0.6) is 0 Å². The van der Waals surface area contributed by atoms with Crippen molar-refractivity contribution in [2.24, 2.45) is 5.92 Å². The quantitative estimate of drug-likeness (QED) is 0.835. The second-order valence-electron chi connectivity index (χ2n) is 4.34. The molecule has 1 rings (SSSR count). The third-order valence-corrected chi connectivity index (χ3v) is 3.07. The molecule has 0 saturated heterocycles. The highest BCUT2D eigenvalue weighted by atomic mass is 35.5. The molecule has 1 aromatic carbocycles. The highest BCUT2D eigenvalue weighted by Gasteiger charge is 2.12. The van der Waals surface area contributed by atoms with Gasteiger partial charge in [0.2, 0.25) is 0 Å². The third kappa shape index (κ3) is 4.11. The lowest BCUT2D eigenvalue weighted by atomic mass is 9.96. The molecule has 0 radical (unpaired) electrons. The summed E-state index contributed by atoms with van der Waals surface area (Å²) in [6, 6.07) is 4.44. The average Bonchev–Trinajstić information content (AvgIpc) is 2.23. The highest BCUT2D eigenvalue weighted by Crippen LogP contribution is 2.19. The van der Waals surface area contributed by atoms with Crippen molar-refractivity contribution < 1.29 is 9.50 Å². The number of benzene rings is 1. The highest BCUT2D eigenvalue weighted by molar-refractivity contribution is 6.30. The van der Waals surface area contributed by atoms with E-state index in [4.69, 9.17) is 11.6 Å². The smallest absolute Gasteiger partial charge is 0.126 e. The Hall–Kier alpha value is -0.600. The number of aliphatic hydroxyl groups excluding tert-OH is 1. The van der Waals surface area contributed by atoms with E-state index in [1.165, 1.54) is 12.1 Å². The minimum atomic E-state index is -0.497. The SMILES string of the molecule is CCC(C)CC(O)Cc1cc(Cl)ccc1F. The van der Waals surface area contributed by atoms with Gasteiger partial charge in [0.25, 0.3) is 0 Å². The number of halogens is 2. The molecule has 3 heteroatoms. The monoisotopic (exact) mass is 244 g/mol. The van der Waals surface area contributed by atoms with Crippen LogP contribution in [0.25, 0.3) is 0 Å². The Bertz CT molecular complexity index is 341. The van der Waals surface area contributed by atoms with E-state index < -0.39 is 6.10 Å². The van der Waals surface area contributed by atoms with Crippen molar-refractivity contribution in [3.8, 4) is 0 Å². The topological polar surface area (TPSA) is 20.2 Å². The van der Waals surface area contributed by atoms with Crippen LogP contribution >= 0.6 is 11.6 Å². The van der Waals surface area contributed by atoms with Crippen LogP contribution in [0.3, 0.4) is 0 Å². The first kappa shape index (κ1) is 13.5. The summed E-state index contributed by atoms with van der Waals surface area (Å²) < 4.78 is 13.4. The molecule has 0 aliphatic carbocycles. The van der Waals surface area contributed by atoms with Crippen LogP contribution < -0.4 is 0 Å². The van der Waals surface area contributed by atoms with Crippen molar-refractivity contribution in [2.75, 3.05) is 0 Å². The molecule has 90 valence electrons. The lowest BCUT2D eigenvalue weighted by Gasteiger charge is -2.15. The third-order valence-electron chi connectivity index (χ3n) is 2.83. The van der Waals surface area contributed by atoms with E-state index in [0.717, 1.165) is 6.42 Å². The number of hydrogen-bond acceptors (Lipinski definition) is 1. The molecule has 1 N–H and O–H groups in total. The fourth-order valence-electron chi connectivity index (χ4n) is 1.67. The van der Waals surface area contributed by atoms with Gasteiger partial charge >= 0.3 is 0 Å². The van der Waals surface area contributed by atoms with Crippen molar-refractivity contribution in [3.05, 3.63) is 34.6 Å². The summed E-state index contributed by atoms with van der Waals surface area (Å²) in [6.07, 6.45) is 1.55. The summed E-state index contributed by atoms with van der Waals surface area (Å²) in [5.41, 5.74) is 0.489. The van der Waals surface area contributed by atoms with E-state index in [0.29, 0.717) is 29.3 Å². The molecular weight excluding hydrogens is 227 g/mol. The van der Waals surface area contributed by atoms with E-state index in [1.54, 1.807) is 6.07 Å². The van der Waals surface area contributed by atoms with E-state index in [1.807, 2.05) is 0 Å². The largest absolute Gasteiger partial charge is 0.393 e. The van der Waals surface area contributed by atoms with E-state index >= 15 is 0 Å². The summed E-state index contributed by atoms with van der Waals surface area (Å²) in [7, 11) is 0. The van der Waals surface area contributed by atoms with Gasteiger partial charge in [0.05, 0.1) is 6.10 Å². The molecule has 0 bridgehead atoms. The maximum absolute atomic E-state index is 13.4. The van der Waals surface area contributed by atoms with Gasteiger partial charge in [-0.1, -0.05) is 31.9 Å². The zero-order chi connectivity index (χ0) is 12.1. The van der Waals surface area contributed by atoms with E-state index in [9.17, 15) is 9.50 Å². The normalized spacial score (nSPS) is 14.8. The van der Waals surface area contributed by atoms with Gasteiger partial charge in [-0.15, -0.1) is 0 Å². The van der Waals surface area contributed by atoms with Crippen molar-refractivity contribution in [1.82, 2.24) is 0 Å². The number of aliphatic hydroxyl groups is 1. The summed E-state index contributed by atoms with van der Waals surface area (Å²) in [5.74, 6) is 0.157. The minimum Gasteiger partial charge on any atom is -0.393 e. The van der Waals surface area contributed by atoms with Crippen LogP contribution in [0.4, 0.5) is 4.39 Å². The first-order valence-corrected chi connectivity index (χ1v) is 6.02. The van der Waals surface area contributed by atoms with Crippen molar-refractivity contribution in [2.45, 2.75) is 39.2 Å². The van der Waals surface area contributed by atoms with Gasteiger partial charge in [-0.3, -0.25) is 0 Å². The van der Waals surface area contributed by atoms with Crippen molar-refractivity contribution >= 4 is 11.6 Å². The predicted molar refractivity (Wildman–Crippen MR) is 65.2 cm³/mol. The van der Waals surface area contributed by atoms with Crippen LogP contribution in [-0.4, -0.2) is 11.2 Å². The van der Waals surface area contributed by atoms with Crippen LogP contribution in [0, 0.1) is 11.7 Å². The Morgan fingerprint density at radius 3 is 2.75 bits per heavy atom. The minimum absolute atomic E-state index is 0.299. The fraction of sp³-hybridized carbons (Fsp3) is 0.538. The molecule has 1 nitrogen and oxygen atoms in total. The van der Waals surface area contributed by atoms with Crippen LogP contribution in [0.2, 0.25) is 5.02 Å². The van der Waals surface area contributed by atoms with Gasteiger partial charge in [0.1, 0.15) is 5.82 Å². The molecule has 0 fully saturated rings. The molecule has 2 atom stereocenters. The molecule has 2 unspecified atom stereocenters. The van der Waals surface area contributed by atoms with Gasteiger partial charge in [-0.25, -0.2) is 4.39 Å². The maximum atomic E-state index is 13.4. The lowest BCUT2D eigenvalue weighted by Crippen LogP contribution is -2.15. The first-order valence-electron chi connectivity index (χ1n) is 5.65. The summed E-state index contributed by atoms with van der Waals surface area (Å²) in [4.78, 5) is 0. The molecule has 1 aromatic rings. The first-order chi connectivity index (χ1) is 7.52. The molecular formula is C13H18ClFO. The van der Waals surface area contributed by atoms with Crippen LogP contribution in [0.1, 0.15) is 32.3 Å². The Morgan fingerprint density at radius 2 is 2.12 bits per heavy atom. The van der Waals surface area contributed by atoms with Gasteiger partial charge in [-0.05, 0) is 36.1 Å². The fourth-order valence-corrected chi connectivity index (χ4v) is 1.86. The predicted octanol–water partition coefficient (Wildman–Crippen LogP) is 3.82. The lowest BCUT2D eigenvalue weighted by molar-refractivity contribution is 0.143. The summed E-state index contributed by atoms with van der Waals surface area (Å²) in [6.45, 7) is 4.16. The van der Waals surface area contributed by atoms with Crippen LogP contribution in [0.15, 0.2) is 18.2 Å². The molecule has 0 aliphatic rings. The Balaban J connectivity index is 2.61. The molecule has 0 spiro atoms. The summed E-state index contributed by atoms with van der Waals surface area (Å²) >= 11 is 5.78. The van der Waals surface area contributed by atoms with Gasteiger partial charge < -0.3 is 5.11 Å². The van der Waals surface area contributed by atoms with Gasteiger partial charge in [0.15, 0.2) is 0 Å². The second-order valence-corrected chi connectivity index (χ2v) is 4.78. The zero-order valence-electron chi connectivity index (χ0n) is 9.71. The van der Waals surface area contributed by atoms with Crippen LogP contribution in [-0.2, 0) is 6.42 Å². The second kappa shape index (κ2) is 6.21. The van der Waals surface area contributed by atoms with E-state index in [-0.39, 0.29) is 5.82 Å². The Morgan fingerprint density at radius 1 is 1.44 bits per heavy atom. The Kier molecular flexibility index (Phi) is 5.23. The Labute approximate surface area is 101 Å². The number of hydrogen-bond donors (Lipinski definition) is 1. The van der Waals surface area contributed by atoms with E-state index in [2.05, 4.69) is 13.8 Å². The van der Waals surface area contributed by atoms with Crippen molar-refractivity contribution in [3.63, 3.8) is 0 Å². The zero-order valence-corrected chi connectivity index (χ0v) is 10.5.